The van der Waals surface area contributed by atoms with Gasteiger partial charge in [0, 0.05) is 26.1 Å². The van der Waals surface area contributed by atoms with Gasteiger partial charge in [-0.2, -0.15) is 0 Å². The Kier molecular flexibility index (Phi) is 3.69. The van der Waals surface area contributed by atoms with E-state index in [-0.39, 0.29) is 5.91 Å². The molecule has 13 heavy (non-hydrogen) atoms. The summed E-state index contributed by atoms with van der Waals surface area (Å²) in [5.41, 5.74) is 5.52. The lowest BCUT2D eigenvalue weighted by Crippen LogP contribution is -2.33. The van der Waals surface area contributed by atoms with Crippen LogP contribution in [-0.2, 0) is 4.79 Å². The number of likely N-dealkylation sites (N-methyl/N-ethyl adjacent to an activating group) is 1. The van der Waals surface area contributed by atoms with Crippen molar-refractivity contribution >= 4 is 5.91 Å². The van der Waals surface area contributed by atoms with Crippen molar-refractivity contribution in [3.63, 3.8) is 0 Å². The predicted octanol–water partition coefficient (Wildman–Crippen LogP) is -0.645. The minimum atomic E-state index is 0.261. The molecule has 0 spiro atoms. The first kappa shape index (κ1) is 10.5. The maximum absolute atomic E-state index is 11.4. The van der Waals surface area contributed by atoms with E-state index in [2.05, 4.69) is 4.90 Å². The first-order valence-corrected chi connectivity index (χ1v) is 4.76. The minimum absolute atomic E-state index is 0.261. The van der Waals surface area contributed by atoms with Crippen LogP contribution in [0.15, 0.2) is 0 Å². The van der Waals surface area contributed by atoms with Crippen molar-refractivity contribution in [2.24, 2.45) is 11.7 Å². The SMILES string of the molecule is CN(C)CCN1C[C@@H](CN)CC1=O. The summed E-state index contributed by atoms with van der Waals surface area (Å²) >= 11 is 0. The molecule has 1 atom stereocenters. The van der Waals surface area contributed by atoms with E-state index in [0.29, 0.717) is 18.9 Å². The van der Waals surface area contributed by atoms with Crippen molar-refractivity contribution in [3.05, 3.63) is 0 Å². The van der Waals surface area contributed by atoms with Crippen molar-refractivity contribution in [3.8, 4) is 0 Å². The van der Waals surface area contributed by atoms with E-state index in [1.807, 2.05) is 19.0 Å². The zero-order chi connectivity index (χ0) is 9.84. The Morgan fingerprint density at radius 2 is 2.31 bits per heavy atom. The zero-order valence-electron chi connectivity index (χ0n) is 8.49. The first-order valence-electron chi connectivity index (χ1n) is 4.76. The standard InChI is InChI=1S/C9H19N3O/c1-11(2)3-4-12-7-8(6-10)5-9(12)13/h8H,3-7,10H2,1-2H3/t8-/m1/s1. The summed E-state index contributed by atoms with van der Waals surface area (Å²) in [6.07, 6.45) is 0.643. The van der Waals surface area contributed by atoms with E-state index in [4.69, 9.17) is 5.73 Å². The van der Waals surface area contributed by atoms with Crippen molar-refractivity contribution < 1.29 is 4.79 Å². The summed E-state index contributed by atoms with van der Waals surface area (Å²) in [5, 5.41) is 0. The van der Waals surface area contributed by atoms with Gasteiger partial charge in [0.05, 0.1) is 0 Å². The van der Waals surface area contributed by atoms with Gasteiger partial charge >= 0.3 is 0 Å². The van der Waals surface area contributed by atoms with Crippen LogP contribution in [-0.4, -0.2) is 56.0 Å². The number of nitrogens with zero attached hydrogens (tertiary/aromatic N) is 2. The van der Waals surface area contributed by atoms with Gasteiger partial charge in [0.15, 0.2) is 0 Å². The lowest BCUT2D eigenvalue weighted by atomic mass is 10.1. The van der Waals surface area contributed by atoms with Gasteiger partial charge in [-0.05, 0) is 26.6 Å². The molecule has 0 bridgehead atoms. The fourth-order valence-electron chi connectivity index (χ4n) is 1.55. The molecule has 1 saturated heterocycles. The fraction of sp³-hybridized carbons (Fsp3) is 0.889. The lowest BCUT2D eigenvalue weighted by molar-refractivity contribution is -0.127. The highest BCUT2D eigenvalue weighted by molar-refractivity contribution is 5.78. The average molecular weight is 185 g/mol. The molecule has 0 aliphatic carbocycles. The number of carbonyl (C=O) groups excluding carboxylic acids is 1. The summed E-state index contributed by atoms with van der Waals surface area (Å²) in [7, 11) is 4.03. The van der Waals surface area contributed by atoms with Gasteiger partial charge in [0.25, 0.3) is 0 Å². The van der Waals surface area contributed by atoms with Crippen LogP contribution in [0.25, 0.3) is 0 Å². The fourth-order valence-corrected chi connectivity index (χ4v) is 1.55. The highest BCUT2D eigenvalue weighted by Crippen LogP contribution is 2.15. The van der Waals surface area contributed by atoms with Crippen molar-refractivity contribution in [2.75, 3.05) is 40.3 Å². The van der Waals surface area contributed by atoms with Crippen molar-refractivity contribution in [2.45, 2.75) is 6.42 Å². The molecule has 4 heteroatoms. The predicted molar refractivity (Wildman–Crippen MR) is 52.3 cm³/mol. The molecule has 0 aromatic heterocycles. The summed E-state index contributed by atoms with van der Waals surface area (Å²) in [6, 6.07) is 0. The molecule has 4 nitrogen and oxygen atoms in total. The van der Waals surface area contributed by atoms with E-state index >= 15 is 0 Å². The second kappa shape index (κ2) is 4.58. The Morgan fingerprint density at radius 3 is 2.77 bits per heavy atom. The Morgan fingerprint density at radius 1 is 1.62 bits per heavy atom. The average Bonchev–Trinajstić information content (AvgIpc) is 2.43. The molecule has 1 amide bonds. The van der Waals surface area contributed by atoms with Gasteiger partial charge in [0.2, 0.25) is 5.91 Å². The number of likely N-dealkylation sites (tertiary alicyclic amines) is 1. The molecule has 0 saturated carbocycles. The maximum Gasteiger partial charge on any atom is 0.223 e. The smallest absolute Gasteiger partial charge is 0.223 e. The van der Waals surface area contributed by atoms with E-state index in [1.165, 1.54) is 0 Å². The van der Waals surface area contributed by atoms with Gasteiger partial charge in [-0.25, -0.2) is 0 Å². The van der Waals surface area contributed by atoms with E-state index in [9.17, 15) is 4.79 Å². The third kappa shape index (κ3) is 2.97. The van der Waals surface area contributed by atoms with Gasteiger partial charge in [-0.1, -0.05) is 0 Å². The molecule has 0 aromatic carbocycles. The number of carbonyl (C=O) groups is 1. The minimum Gasteiger partial charge on any atom is -0.341 e. The quantitative estimate of drug-likeness (QED) is 0.633. The highest BCUT2D eigenvalue weighted by Gasteiger charge is 2.27. The summed E-state index contributed by atoms with van der Waals surface area (Å²) < 4.78 is 0. The molecular weight excluding hydrogens is 166 g/mol. The van der Waals surface area contributed by atoms with Crippen LogP contribution in [0.3, 0.4) is 0 Å². The second-order valence-electron chi connectivity index (χ2n) is 3.95. The van der Waals surface area contributed by atoms with Gasteiger partial charge in [-0.15, -0.1) is 0 Å². The normalized spacial score (nSPS) is 23.2. The van der Waals surface area contributed by atoms with Crippen LogP contribution in [0.1, 0.15) is 6.42 Å². The maximum atomic E-state index is 11.4. The largest absolute Gasteiger partial charge is 0.341 e. The van der Waals surface area contributed by atoms with Crippen LogP contribution in [0.5, 0.6) is 0 Å². The topological polar surface area (TPSA) is 49.6 Å². The number of amides is 1. The molecule has 2 N–H and O–H groups in total. The molecular formula is C9H19N3O. The lowest BCUT2D eigenvalue weighted by Gasteiger charge is -2.18. The molecule has 1 heterocycles. The van der Waals surface area contributed by atoms with E-state index in [0.717, 1.165) is 19.6 Å². The van der Waals surface area contributed by atoms with Crippen LogP contribution >= 0.6 is 0 Å². The highest BCUT2D eigenvalue weighted by atomic mass is 16.2. The number of nitrogens with two attached hydrogens (primary N) is 1. The Labute approximate surface area is 79.7 Å². The van der Waals surface area contributed by atoms with E-state index in [1.54, 1.807) is 0 Å². The van der Waals surface area contributed by atoms with Crippen LogP contribution < -0.4 is 5.73 Å². The molecule has 1 fully saturated rings. The Hall–Kier alpha value is -0.610. The van der Waals surface area contributed by atoms with Crippen molar-refractivity contribution in [1.29, 1.82) is 0 Å². The van der Waals surface area contributed by atoms with Crippen LogP contribution in [0, 0.1) is 5.92 Å². The summed E-state index contributed by atoms with van der Waals surface area (Å²) in [6.45, 7) is 3.25. The van der Waals surface area contributed by atoms with E-state index < -0.39 is 0 Å². The summed E-state index contributed by atoms with van der Waals surface area (Å²) in [5.74, 6) is 0.645. The molecule has 0 radical (unpaired) electrons. The van der Waals surface area contributed by atoms with Gasteiger partial charge in [0.1, 0.15) is 0 Å². The monoisotopic (exact) mass is 185 g/mol. The third-order valence-corrected chi connectivity index (χ3v) is 2.45. The van der Waals surface area contributed by atoms with Crippen LogP contribution in [0.2, 0.25) is 0 Å². The Bertz CT molecular complexity index is 182. The number of hydrogen-bond donors (Lipinski definition) is 1. The molecule has 76 valence electrons. The Balaban J connectivity index is 2.31. The molecule has 1 aliphatic rings. The van der Waals surface area contributed by atoms with Crippen LogP contribution in [0.4, 0.5) is 0 Å². The first-order chi connectivity index (χ1) is 6.13. The number of hydrogen-bond acceptors (Lipinski definition) is 3. The molecule has 1 rings (SSSR count). The second-order valence-corrected chi connectivity index (χ2v) is 3.95. The van der Waals surface area contributed by atoms with Gasteiger partial charge in [-0.3, -0.25) is 4.79 Å². The molecule has 0 aromatic rings. The zero-order valence-corrected chi connectivity index (χ0v) is 8.49. The summed E-state index contributed by atoms with van der Waals surface area (Å²) in [4.78, 5) is 15.4. The molecule has 1 aliphatic heterocycles. The van der Waals surface area contributed by atoms with Crippen molar-refractivity contribution in [1.82, 2.24) is 9.80 Å². The molecule has 0 unspecified atom stereocenters. The number of rotatable bonds is 4. The third-order valence-electron chi connectivity index (χ3n) is 2.45. The van der Waals surface area contributed by atoms with Gasteiger partial charge < -0.3 is 15.5 Å².